The molecular formula is C71H134O17P2. The second-order valence-corrected chi connectivity index (χ2v) is 28.3. The van der Waals surface area contributed by atoms with Crippen molar-refractivity contribution in [1.29, 1.82) is 0 Å². The number of aliphatic hydroxyl groups is 1. The van der Waals surface area contributed by atoms with E-state index in [2.05, 4.69) is 58.9 Å². The molecule has 0 bridgehead atoms. The third-order valence-electron chi connectivity index (χ3n) is 15.9. The molecule has 0 spiro atoms. The van der Waals surface area contributed by atoms with Crippen molar-refractivity contribution in [3.63, 3.8) is 0 Å². The van der Waals surface area contributed by atoms with Crippen LogP contribution in [-0.4, -0.2) is 96.7 Å². The molecular weight excluding hydrogens is 1190 g/mol. The van der Waals surface area contributed by atoms with Gasteiger partial charge >= 0.3 is 39.5 Å². The number of aliphatic hydroxyl groups excluding tert-OH is 1. The first-order valence-electron chi connectivity index (χ1n) is 36.5. The Morgan fingerprint density at radius 3 is 0.911 bits per heavy atom. The van der Waals surface area contributed by atoms with Crippen molar-refractivity contribution in [2.75, 3.05) is 39.6 Å². The van der Waals surface area contributed by atoms with Gasteiger partial charge < -0.3 is 33.8 Å². The third-order valence-corrected chi connectivity index (χ3v) is 17.8. The van der Waals surface area contributed by atoms with Crippen LogP contribution >= 0.6 is 15.6 Å². The van der Waals surface area contributed by atoms with E-state index in [1.165, 1.54) is 141 Å². The molecule has 530 valence electrons. The Labute approximate surface area is 548 Å². The molecule has 0 radical (unpaired) electrons. The largest absolute Gasteiger partial charge is 0.472 e. The van der Waals surface area contributed by atoms with Gasteiger partial charge in [-0.1, -0.05) is 290 Å². The average molecular weight is 1320 g/mol. The number of phosphoric ester groups is 2. The molecule has 2 unspecified atom stereocenters. The zero-order valence-electron chi connectivity index (χ0n) is 57.8. The Morgan fingerprint density at radius 2 is 0.600 bits per heavy atom. The minimum atomic E-state index is -4.96. The predicted octanol–water partition coefficient (Wildman–Crippen LogP) is 20.1. The number of hydrogen-bond donors (Lipinski definition) is 3. The van der Waals surface area contributed by atoms with Crippen molar-refractivity contribution in [2.45, 2.75) is 361 Å². The third kappa shape index (κ3) is 64.3. The fourth-order valence-electron chi connectivity index (χ4n) is 10.3. The van der Waals surface area contributed by atoms with Crippen LogP contribution in [0, 0.1) is 5.92 Å². The molecule has 0 saturated heterocycles. The quantitative estimate of drug-likeness (QED) is 0.0169. The van der Waals surface area contributed by atoms with Crippen LogP contribution in [0.1, 0.15) is 343 Å². The maximum absolute atomic E-state index is 13.0. The normalized spacial score (nSPS) is 14.2. The summed E-state index contributed by atoms with van der Waals surface area (Å²) in [7, 11) is -9.90. The maximum Gasteiger partial charge on any atom is 0.472 e. The highest BCUT2D eigenvalue weighted by molar-refractivity contribution is 7.47. The van der Waals surface area contributed by atoms with Crippen LogP contribution in [-0.2, 0) is 65.4 Å². The highest BCUT2D eigenvalue weighted by Gasteiger charge is 2.30. The molecule has 5 atom stereocenters. The number of esters is 4. The molecule has 3 N–H and O–H groups in total. The summed E-state index contributed by atoms with van der Waals surface area (Å²) in [4.78, 5) is 72.2. The Bertz CT molecular complexity index is 1830. The number of carbonyl (C=O) groups excluding carboxylic acids is 4. The van der Waals surface area contributed by atoms with Crippen molar-refractivity contribution >= 4 is 39.5 Å². The molecule has 0 aliphatic carbocycles. The van der Waals surface area contributed by atoms with Crippen molar-refractivity contribution in [3.05, 3.63) is 24.3 Å². The molecule has 0 aromatic heterocycles. The van der Waals surface area contributed by atoms with E-state index in [4.69, 9.17) is 37.0 Å². The van der Waals surface area contributed by atoms with Crippen molar-refractivity contribution in [3.8, 4) is 0 Å². The number of carbonyl (C=O) groups is 4. The van der Waals surface area contributed by atoms with Gasteiger partial charge in [0.2, 0.25) is 0 Å². The molecule has 19 heteroatoms. The first kappa shape index (κ1) is 87.5. The highest BCUT2D eigenvalue weighted by Crippen LogP contribution is 2.45. The van der Waals surface area contributed by atoms with E-state index in [0.29, 0.717) is 25.7 Å². The molecule has 0 aliphatic heterocycles. The molecule has 0 aromatic carbocycles. The molecule has 0 aromatic rings. The van der Waals surface area contributed by atoms with Gasteiger partial charge in [-0.25, -0.2) is 9.13 Å². The fraction of sp³-hybridized carbons (Fsp3) is 0.887. The molecule has 0 heterocycles. The minimum absolute atomic E-state index is 0.101. The first-order chi connectivity index (χ1) is 43.5. The summed E-state index contributed by atoms with van der Waals surface area (Å²) in [5.41, 5.74) is 0. The van der Waals surface area contributed by atoms with E-state index in [1.807, 2.05) is 0 Å². The Hall–Kier alpha value is -2.46. The molecule has 17 nitrogen and oxygen atoms in total. The Kier molecular flexibility index (Phi) is 62.2. The van der Waals surface area contributed by atoms with Gasteiger partial charge in [0.15, 0.2) is 12.2 Å². The second-order valence-electron chi connectivity index (χ2n) is 25.4. The Balaban J connectivity index is 5.18. The van der Waals surface area contributed by atoms with Crippen molar-refractivity contribution in [2.24, 2.45) is 5.92 Å². The van der Waals surface area contributed by atoms with Crippen LogP contribution in [0.5, 0.6) is 0 Å². The molecule has 90 heavy (non-hydrogen) atoms. The molecule has 0 rings (SSSR count). The average Bonchev–Trinajstić information content (AvgIpc) is 1.97. The van der Waals surface area contributed by atoms with Crippen LogP contribution in [0.2, 0.25) is 0 Å². The molecule has 0 aliphatic rings. The highest BCUT2D eigenvalue weighted by atomic mass is 31.2. The lowest BCUT2D eigenvalue weighted by atomic mass is 10.0. The summed E-state index contributed by atoms with van der Waals surface area (Å²) in [5.74, 6) is -1.45. The number of rotatable bonds is 69. The van der Waals surface area contributed by atoms with E-state index in [0.717, 1.165) is 121 Å². The summed E-state index contributed by atoms with van der Waals surface area (Å²) in [6, 6.07) is 0. The van der Waals surface area contributed by atoms with Crippen LogP contribution in [0.4, 0.5) is 0 Å². The van der Waals surface area contributed by atoms with Gasteiger partial charge in [0.05, 0.1) is 26.4 Å². The molecule has 0 saturated carbocycles. The van der Waals surface area contributed by atoms with E-state index in [-0.39, 0.29) is 25.7 Å². The molecule has 0 amide bonds. The van der Waals surface area contributed by atoms with E-state index in [9.17, 15) is 43.2 Å². The monoisotopic (exact) mass is 1320 g/mol. The van der Waals surface area contributed by atoms with Crippen LogP contribution in [0.3, 0.4) is 0 Å². The number of unbranched alkanes of at least 4 members (excludes halogenated alkanes) is 38. The van der Waals surface area contributed by atoms with E-state index >= 15 is 0 Å². The van der Waals surface area contributed by atoms with Crippen molar-refractivity contribution in [1.82, 2.24) is 0 Å². The first-order valence-corrected chi connectivity index (χ1v) is 39.4. The van der Waals surface area contributed by atoms with Gasteiger partial charge in [0, 0.05) is 25.7 Å². The van der Waals surface area contributed by atoms with Crippen molar-refractivity contribution < 1.29 is 80.2 Å². The number of phosphoric acid groups is 2. The number of allylic oxidation sites excluding steroid dienone is 4. The number of ether oxygens (including phenoxy) is 4. The van der Waals surface area contributed by atoms with Gasteiger partial charge in [0.1, 0.15) is 19.3 Å². The lowest BCUT2D eigenvalue weighted by molar-refractivity contribution is -0.161. The van der Waals surface area contributed by atoms with E-state index < -0.39 is 97.5 Å². The zero-order valence-corrected chi connectivity index (χ0v) is 59.5. The standard InChI is InChI=1S/C71H134O17P2/c1-6-9-12-15-17-19-21-23-25-26-27-28-30-32-34-36-41-46-51-56-70(75)88-67(61-82-69(74)55-50-45-40-35-33-31-29-24-22-20-18-16-13-10-7-2)63-86-90(79,80)84-59-65(72)58-83-89(77,78)85-62-66(60-81-68(73)54-49-43-14-11-8-3)87-71(76)57-52-47-42-38-37-39-44-48-53-64(4)5/h20,22,24,29,64-67,72H,6-19,21,23,25-28,30-63H2,1-5H3,(H,77,78)(H,79,80)/b22-20-,29-24-/t65-,66+,67+/m0/s1. The SMILES string of the molecule is CCCCCC/C=C\C=C/CCCCCCCC(=O)OC[C@H](COP(=O)(O)OC[C@@H](O)COP(=O)(O)OC[C@@H](COC(=O)CCCCCCC)OC(=O)CCCCCCCCCCC(C)C)OC(=O)CCCCCCCCCCCCCCCCCCCCC. The fourth-order valence-corrected chi connectivity index (χ4v) is 11.9. The zero-order chi connectivity index (χ0) is 66.3. The van der Waals surface area contributed by atoms with Gasteiger partial charge in [-0.2, -0.15) is 0 Å². The summed E-state index contributed by atoms with van der Waals surface area (Å²) in [6.45, 7) is 7.05. The van der Waals surface area contributed by atoms with Crippen LogP contribution < -0.4 is 0 Å². The lowest BCUT2D eigenvalue weighted by Gasteiger charge is -2.21. The topological polar surface area (TPSA) is 237 Å². The summed E-state index contributed by atoms with van der Waals surface area (Å²) in [6.07, 6.45) is 54.1. The van der Waals surface area contributed by atoms with Gasteiger partial charge in [-0.15, -0.1) is 0 Å². The summed E-state index contributed by atoms with van der Waals surface area (Å²) < 4.78 is 68.0. The predicted molar refractivity (Wildman–Crippen MR) is 363 cm³/mol. The number of hydrogen-bond acceptors (Lipinski definition) is 15. The van der Waals surface area contributed by atoms with Gasteiger partial charge in [-0.3, -0.25) is 37.3 Å². The second kappa shape index (κ2) is 63.9. The van der Waals surface area contributed by atoms with Crippen LogP contribution in [0.25, 0.3) is 0 Å². The lowest BCUT2D eigenvalue weighted by Crippen LogP contribution is -2.30. The van der Waals surface area contributed by atoms with E-state index in [1.54, 1.807) is 0 Å². The summed E-state index contributed by atoms with van der Waals surface area (Å²) in [5, 5.41) is 10.6. The Morgan fingerprint density at radius 1 is 0.344 bits per heavy atom. The maximum atomic E-state index is 13.0. The minimum Gasteiger partial charge on any atom is -0.462 e. The summed E-state index contributed by atoms with van der Waals surface area (Å²) >= 11 is 0. The van der Waals surface area contributed by atoms with Gasteiger partial charge in [-0.05, 0) is 57.3 Å². The molecule has 0 fully saturated rings. The van der Waals surface area contributed by atoms with Gasteiger partial charge in [0.25, 0.3) is 0 Å². The smallest absolute Gasteiger partial charge is 0.462 e. The van der Waals surface area contributed by atoms with Crippen LogP contribution in [0.15, 0.2) is 24.3 Å².